The van der Waals surface area contributed by atoms with Crippen LogP contribution in [0, 0.1) is 5.92 Å². The van der Waals surface area contributed by atoms with Crippen LogP contribution in [-0.4, -0.2) is 25.2 Å². The van der Waals surface area contributed by atoms with Crippen molar-refractivity contribution in [1.29, 1.82) is 0 Å². The number of rotatable bonds is 8. The molecule has 1 aromatic carbocycles. The van der Waals surface area contributed by atoms with Gasteiger partial charge in [-0.3, -0.25) is 4.79 Å². The summed E-state index contributed by atoms with van der Waals surface area (Å²) in [5, 5.41) is 9.20. The van der Waals surface area contributed by atoms with Crippen LogP contribution in [0.15, 0.2) is 30.3 Å². The molecule has 20 heavy (non-hydrogen) atoms. The Labute approximate surface area is 120 Å². The van der Waals surface area contributed by atoms with Crippen molar-refractivity contribution >= 4 is 16.0 Å². The number of benzene rings is 1. The van der Waals surface area contributed by atoms with Crippen molar-refractivity contribution in [2.24, 2.45) is 5.92 Å². The van der Waals surface area contributed by atoms with Gasteiger partial charge in [0.15, 0.2) is 0 Å². The maximum atomic E-state index is 12.0. The molecule has 1 unspecified atom stereocenters. The topological polar surface area (TPSA) is 83.5 Å². The Morgan fingerprint density at radius 2 is 1.90 bits per heavy atom. The fourth-order valence-corrected chi connectivity index (χ4v) is 3.69. The predicted molar refractivity (Wildman–Crippen MR) is 77.8 cm³/mol. The van der Waals surface area contributed by atoms with Crippen molar-refractivity contribution in [3.05, 3.63) is 35.9 Å². The molecule has 0 aliphatic heterocycles. The Hall–Kier alpha value is -1.40. The zero-order valence-corrected chi connectivity index (χ0v) is 12.6. The third-order valence-corrected chi connectivity index (χ3v) is 4.57. The maximum absolute atomic E-state index is 12.0. The summed E-state index contributed by atoms with van der Waals surface area (Å²) >= 11 is 0. The molecule has 2 atom stereocenters. The van der Waals surface area contributed by atoms with Crippen LogP contribution in [0.1, 0.15) is 38.3 Å². The molecule has 1 aromatic rings. The van der Waals surface area contributed by atoms with Crippen molar-refractivity contribution in [3.63, 3.8) is 0 Å². The first-order valence-electron chi connectivity index (χ1n) is 6.63. The van der Waals surface area contributed by atoms with E-state index in [9.17, 15) is 18.3 Å². The Morgan fingerprint density at radius 3 is 2.40 bits per heavy atom. The van der Waals surface area contributed by atoms with E-state index in [4.69, 9.17) is 0 Å². The van der Waals surface area contributed by atoms with Crippen molar-refractivity contribution in [2.45, 2.75) is 32.7 Å². The Bertz CT molecular complexity index is 527. The van der Waals surface area contributed by atoms with E-state index in [0.29, 0.717) is 5.56 Å². The van der Waals surface area contributed by atoms with Gasteiger partial charge in [0.25, 0.3) is 0 Å². The standard InChI is InChI=1S/C14H21NO4S/c1-3-7-11(2)10-20(18,19)15-13(14(16)17)12-8-5-4-6-9-12/h4-6,8-9,11,13,15H,3,7,10H2,1-2H3,(H,16,17)/t11?,13-/m0/s1. The average Bonchev–Trinajstić information content (AvgIpc) is 2.36. The fraction of sp³-hybridized carbons (Fsp3) is 0.500. The number of hydrogen-bond donors (Lipinski definition) is 2. The molecule has 0 heterocycles. The molecule has 6 heteroatoms. The zero-order chi connectivity index (χ0) is 15.2. The van der Waals surface area contributed by atoms with Crippen LogP contribution in [0.25, 0.3) is 0 Å². The SMILES string of the molecule is CCCC(C)CS(=O)(=O)N[C@H](C(=O)O)c1ccccc1. The van der Waals surface area contributed by atoms with Gasteiger partial charge < -0.3 is 5.11 Å². The van der Waals surface area contributed by atoms with Crippen molar-refractivity contribution in [3.8, 4) is 0 Å². The molecule has 5 nitrogen and oxygen atoms in total. The van der Waals surface area contributed by atoms with Crippen LogP contribution in [0.4, 0.5) is 0 Å². The first-order valence-corrected chi connectivity index (χ1v) is 8.28. The molecule has 0 aliphatic carbocycles. The average molecular weight is 299 g/mol. The van der Waals surface area contributed by atoms with E-state index in [-0.39, 0.29) is 11.7 Å². The van der Waals surface area contributed by atoms with E-state index in [1.165, 1.54) is 0 Å². The molecule has 2 N–H and O–H groups in total. The molecular formula is C14H21NO4S. The number of carboxylic acids is 1. The van der Waals surface area contributed by atoms with Gasteiger partial charge in [-0.2, -0.15) is 4.72 Å². The molecule has 0 radical (unpaired) electrons. The minimum Gasteiger partial charge on any atom is -0.480 e. The van der Waals surface area contributed by atoms with Crippen molar-refractivity contribution in [2.75, 3.05) is 5.75 Å². The minimum absolute atomic E-state index is 0.00252. The van der Waals surface area contributed by atoms with Gasteiger partial charge in [-0.1, -0.05) is 50.6 Å². The molecule has 0 saturated carbocycles. The second-order valence-electron chi connectivity index (χ2n) is 4.98. The maximum Gasteiger partial charge on any atom is 0.326 e. The monoisotopic (exact) mass is 299 g/mol. The molecule has 0 saturated heterocycles. The van der Waals surface area contributed by atoms with E-state index in [2.05, 4.69) is 4.72 Å². The van der Waals surface area contributed by atoms with Crippen LogP contribution < -0.4 is 4.72 Å². The summed E-state index contributed by atoms with van der Waals surface area (Å²) in [4.78, 5) is 11.3. The van der Waals surface area contributed by atoms with E-state index in [0.717, 1.165) is 12.8 Å². The van der Waals surface area contributed by atoms with Crippen LogP contribution >= 0.6 is 0 Å². The largest absolute Gasteiger partial charge is 0.480 e. The molecule has 112 valence electrons. The Morgan fingerprint density at radius 1 is 1.30 bits per heavy atom. The second kappa shape index (κ2) is 7.40. The highest BCUT2D eigenvalue weighted by molar-refractivity contribution is 7.89. The quantitative estimate of drug-likeness (QED) is 0.770. The predicted octanol–water partition coefficient (Wildman–Crippen LogP) is 2.17. The number of carbonyl (C=O) groups is 1. The highest BCUT2D eigenvalue weighted by atomic mass is 32.2. The summed E-state index contributed by atoms with van der Waals surface area (Å²) in [6, 6.07) is 7.06. The molecule has 1 rings (SSSR count). The zero-order valence-electron chi connectivity index (χ0n) is 11.7. The van der Waals surface area contributed by atoms with Gasteiger partial charge in [0, 0.05) is 0 Å². The molecule has 0 fully saturated rings. The number of hydrogen-bond acceptors (Lipinski definition) is 3. The van der Waals surface area contributed by atoms with Crippen LogP contribution in [-0.2, 0) is 14.8 Å². The summed E-state index contributed by atoms with van der Waals surface area (Å²) in [5.74, 6) is -1.26. The number of aliphatic carboxylic acids is 1. The normalized spacial score (nSPS) is 14.7. The molecule has 0 spiro atoms. The van der Waals surface area contributed by atoms with E-state index in [1.54, 1.807) is 30.3 Å². The summed E-state index contributed by atoms with van der Waals surface area (Å²) < 4.78 is 26.3. The molecule has 0 amide bonds. The first-order chi connectivity index (χ1) is 9.35. The van der Waals surface area contributed by atoms with Gasteiger partial charge >= 0.3 is 5.97 Å². The lowest BCUT2D eigenvalue weighted by Gasteiger charge is -2.17. The van der Waals surface area contributed by atoms with Crippen LogP contribution in [0.5, 0.6) is 0 Å². The first kappa shape index (κ1) is 16.7. The van der Waals surface area contributed by atoms with Gasteiger partial charge in [0.2, 0.25) is 10.0 Å². The lowest BCUT2D eigenvalue weighted by atomic mass is 10.1. The number of nitrogens with one attached hydrogen (secondary N) is 1. The molecule has 0 bridgehead atoms. The van der Waals surface area contributed by atoms with Gasteiger partial charge in [0.05, 0.1) is 5.75 Å². The Kier molecular flexibility index (Phi) is 6.16. The molecule has 0 aliphatic rings. The van der Waals surface area contributed by atoms with E-state index in [1.807, 2.05) is 13.8 Å². The van der Waals surface area contributed by atoms with Crippen molar-refractivity contribution < 1.29 is 18.3 Å². The fourth-order valence-electron chi connectivity index (χ4n) is 2.08. The highest BCUT2D eigenvalue weighted by Gasteiger charge is 2.26. The third-order valence-electron chi connectivity index (χ3n) is 2.96. The summed E-state index contributed by atoms with van der Waals surface area (Å²) in [6.07, 6.45) is 1.70. The third kappa shape index (κ3) is 5.30. The summed E-state index contributed by atoms with van der Waals surface area (Å²) in [7, 11) is -3.63. The number of carboxylic acid groups (broad SMARTS) is 1. The van der Waals surface area contributed by atoms with Gasteiger partial charge in [-0.15, -0.1) is 0 Å². The van der Waals surface area contributed by atoms with E-state index >= 15 is 0 Å². The lowest BCUT2D eigenvalue weighted by Crippen LogP contribution is -2.36. The molecule has 0 aromatic heterocycles. The Balaban J connectivity index is 2.83. The second-order valence-corrected chi connectivity index (χ2v) is 6.77. The van der Waals surface area contributed by atoms with Crippen LogP contribution in [0.3, 0.4) is 0 Å². The van der Waals surface area contributed by atoms with Crippen LogP contribution in [0.2, 0.25) is 0 Å². The smallest absolute Gasteiger partial charge is 0.326 e. The van der Waals surface area contributed by atoms with Gasteiger partial charge in [-0.25, -0.2) is 8.42 Å². The summed E-state index contributed by atoms with van der Waals surface area (Å²) in [5.41, 5.74) is 0.423. The highest BCUT2D eigenvalue weighted by Crippen LogP contribution is 2.16. The van der Waals surface area contributed by atoms with Gasteiger partial charge in [-0.05, 0) is 17.9 Å². The van der Waals surface area contributed by atoms with Gasteiger partial charge in [0.1, 0.15) is 6.04 Å². The van der Waals surface area contributed by atoms with E-state index < -0.39 is 22.0 Å². The molecular weight excluding hydrogens is 278 g/mol. The number of sulfonamides is 1. The summed E-state index contributed by atoms with van der Waals surface area (Å²) in [6.45, 7) is 3.83. The lowest BCUT2D eigenvalue weighted by molar-refractivity contribution is -0.139. The van der Waals surface area contributed by atoms with Crippen molar-refractivity contribution in [1.82, 2.24) is 4.72 Å². The minimum atomic E-state index is -3.63.